The second kappa shape index (κ2) is 4.63. The number of hydrogen-bond acceptors (Lipinski definition) is 3. The van der Waals surface area contributed by atoms with Crippen LogP contribution in [0.2, 0.25) is 10.2 Å². The monoisotopic (exact) mass is 255 g/mol. The molecule has 4 nitrogen and oxygen atoms in total. The van der Waals surface area contributed by atoms with E-state index in [1.165, 1.54) is 10.9 Å². The first-order chi connectivity index (χ1) is 7.65. The molecule has 1 aromatic heterocycles. The molecular weight excluding hydrogens is 249 g/mol. The van der Waals surface area contributed by atoms with Crippen LogP contribution in [0.1, 0.15) is 5.56 Å². The average Bonchev–Trinajstić information content (AvgIpc) is 2.25. The zero-order valence-electron chi connectivity index (χ0n) is 8.10. The third-order valence-electron chi connectivity index (χ3n) is 1.97. The lowest BCUT2D eigenvalue weighted by Gasteiger charge is -2.03. The summed E-state index contributed by atoms with van der Waals surface area (Å²) in [5.74, 6) is 0. The molecule has 6 heteroatoms. The molecule has 16 heavy (non-hydrogen) atoms. The Morgan fingerprint density at radius 2 is 1.88 bits per heavy atom. The molecule has 1 heterocycles. The number of nitrogens with zero attached hydrogens (tertiary/aromatic N) is 3. The first kappa shape index (κ1) is 11.1. The van der Waals surface area contributed by atoms with Crippen molar-refractivity contribution in [1.29, 1.82) is 0 Å². The van der Waals surface area contributed by atoms with E-state index in [-0.39, 0.29) is 5.15 Å². The van der Waals surface area contributed by atoms with Crippen LogP contribution >= 0.6 is 23.2 Å². The molecule has 0 bridgehead atoms. The zero-order valence-corrected chi connectivity index (χ0v) is 9.61. The van der Waals surface area contributed by atoms with Crippen LogP contribution in [0, 0.1) is 0 Å². The van der Waals surface area contributed by atoms with Gasteiger partial charge < -0.3 is 0 Å². The Labute approximate surface area is 101 Å². The van der Waals surface area contributed by atoms with E-state index in [1.54, 1.807) is 12.1 Å². The molecule has 0 radical (unpaired) electrons. The first-order valence-electron chi connectivity index (χ1n) is 4.49. The maximum absolute atomic E-state index is 11.4. The second-order valence-corrected chi connectivity index (χ2v) is 3.97. The van der Waals surface area contributed by atoms with Crippen molar-refractivity contribution in [3.8, 4) is 0 Å². The molecule has 1 aromatic carbocycles. The van der Waals surface area contributed by atoms with Crippen LogP contribution in [0.3, 0.4) is 0 Å². The molecule has 0 spiro atoms. The van der Waals surface area contributed by atoms with Crippen LogP contribution in [0.5, 0.6) is 0 Å². The molecular formula is C10H7Cl2N3O. The summed E-state index contributed by atoms with van der Waals surface area (Å²) < 4.78 is 1.23. The highest BCUT2D eigenvalue weighted by Crippen LogP contribution is 2.09. The van der Waals surface area contributed by atoms with E-state index in [0.717, 1.165) is 5.56 Å². The molecule has 0 aliphatic rings. The van der Waals surface area contributed by atoms with Gasteiger partial charge in [0.05, 0.1) is 12.7 Å². The number of halogens is 2. The van der Waals surface area contributed by atoms with Gasteiger partial charge in [-0.2, -0.15) is 10.1 Å². The van der Waals surface area contributed by atoms with Gasteiger partial charge >= 0.3 is 5.69 Å². The predicted octanol–water partition coefficient (Wildman–Crippen LogP) is 1.99. The maximum Gasteiger partial charge on any atom is 0.365 e. The Kier molecular flexibility index (Phi) is 3.22. The van der Waals surface area contributed by atoms with Crippen molar-refractivity contribution in [2.45, 2.75) is 6.54 Å². The molecule has 0 fully saturated rings. The number of aromatic nitrogens is 3. The Morgan fingerprint density at radius 1 is 1.19 bits per heavy atom. The molecule has 2 aromatic rings. The summed E-state index contributed by atoms with van der Waals surface area (Å²) in [6.07, 6.45) is 1.33. The van der Waals surface area contributed by atoms with Crippen LogP contribution in [-0.2, 0) is 6.54 Å². The molecule has 0 amide bonds. The summed E-state index contributed by atoms with van der Waals surface area (Å²) >= 11 is 11.3. The summed E-state index contributed by atoms with van der Waals surface area (Å²) in [5.41, 5.74) is 0.450. The minimum Gasteiger partial charge on any atom is -0.244 e. The standard InChI is InChI=1S/C10H7Cl2N3O/c11-8-3-1-7(2-4-8)6-15-10(16)14-9(12)5-13-15/h1-5H,6H2. The van der Waals surface area contributed by atoms with Gasteiger partial charge in [0, 0.05) is 5.02 Å². The fourth-order valence-corrected chi connectivity index (χ4v) is 1.46. The number of rotatable bonds is 2. The lowest BCUT2D eigenvalue weighted by Crippen LogP contribution is -2.25. The SMILES string of the molecule is O=c1nc(Cl)cnn1Cc1ccc(Cl)cc1. The highest BCUT2D eigenvalue weighted by atomic mass is 35.5. The van der Waals surface area contributed by atoms with Crippen LogP contribution in [0.15, 0.2) is 35.3 Å². The third kappa shape index (κ3) is 2.59. The topological polar surface area (TPSA) is 47.8 Å². The van der Waals surface area contributed by atoms with Gasteiger partial charge in [-0.15, -0.1) is 0 Å². The number of benzene rings is 1. The van der Waals surface area contributed by atoms with E-state index in [1.807, 2.05) is 12.1 Å². The van der Waals surface area contributed by atoms with Crippen molar-refractivity contribution in [3.63, 3.8) is 0 Å². The highest BCUT2D eigenvalue weighted by molar-refractivity contribution is 6.30. The molecule has 0 atom stereocenters. The lowest BCUT2D eigenvalue weighted by molar-refractivity contribution is 0.614. The molecule has 0 aliphatic carbocycles. The van der Waals surface area contributed by atoms with Crippen molar-refractivity contribution < 1.29 is 0 Å². The fraction of sp³-hybridized carbons (Fsp3) is 0.100. The quantitative estimate of drug-likeness (QED) is 0.825. The summed E-state index contributed by atoms with van der Waals surface area (Å²) in [6, 6.07) is 7.16. The van der Waals surface area contributed by atoms with E-state index in [0.29, 0.717) is 11.6 Å². The minimum absolute atomic E-state index is 0.0948. The predicted molar refractivity (Wildman–Crippen MR) is 61.9 cm³/mol. The fourth-order valence-electron chi connectivity index (χ4n) is 1.22. The Balaban J connectivity index is 2.27. The number of hydrogen-bond donors (Lipinski definition) is 0. The van der Waals surface area contributed by atoms with Crippen molar-refractivity contribution in [2.24, 2.45) is 0 Å². The highest BCUT2D eigenvalue weighted by Gasteiger charge is 2.01. The van der Waals surface area contributed by atoms with Crippen molar-refractivity contribution in [2.75, 3.05) is 0 Å². The van der Waals surface area contributed by atoms with E-state index in [2.05, 4.69) is 10.1 Å². The molecule has 0 saturated carbocycles. The molecule has 0 unspecified atom stereocenters. The first-order valence-corrected chi connectivity index (χ1v) is 5.25. The van der Waals surface area contributed by atoms with E-state index < -0.39 is 5.69 Å². The van der Waals surface area contributed by atoms with E-state index in [4.69, 9.17) is 23.2 Å². The molecule has 82 valence electrons. The molecule has 2 rings (SSSR count). The van der Waals surface area contributed by atoms with Crippen molar-refractivity contribution in [1.82, 2.24) is 14.8 Å². The van der Waals surface area contributed by atoms with Crippen LogP contribution in [0.25, 0.3) is 0 Å². The van der Waals surface area contributed by atoms with Gasteiger partial charge in [-0.1, -0.05) is 35.3 Å². The molecule has 0 aliphatic heterocycles. The minimum atomic E-state index is -0.470. The maximum atomic E-state index is 11.4. The molecule has 0 saturated heterocycles. The summed E-state index contributed by atoms with van der Waals surface area (Å²) in [4.78, 5) is 15.0. The van der Waals surface area contributed by atoms with Gasteiger partial charge in [0.2, 0.25) is 0 Å². The van der Waals surface area contributed by atoms with Gasteiger partial charge in [-0.3, -0.25) is 0 Å². The van der Waals surface area contributed by atoms with Gasteiger partial charge in [-0.25, -0.2) is 9.48 Å². The van der Waals surface area contributed by atoms with Gasteiger partial charge in [0.1, 0.15) is 0 Å². The zero-order chi connectivity index (χ0) is 11.5. The van der Waals surface area contributed by atoms with Crippen LogP contribution in [0.4, 0.5) is 0 Å². The van der Waals surface area contributed by atoms with Crippen LogP contribution < -0.4 is 5.69 Å². The Bertz CT molecular complexity index is 551. The van der Waals surface area contributed by atoms with E-state index >= 15 is 0 Å². The van der Waals surface area contributed by atoms with Gasteiger partial charge in [0.25, 0.3) is 0 Å². The largest absolute Gasteiger partial charge is 0.365 e. The normalized spacial score (nSPS) is 10.4. The average molecular weight is 256 g/mol. The Hall–Kier alpha value is -1.39. The summed E-state index contributed by atoms with van der Waals surface area (Å²) in [5, 5.41) is 4.62. The molecule has 0 N–H and O–H groups in total. The van der Waals surface area contributed by atoms with Crippen molar-refractivity contribution >= 4 is 23.2 Å². The Morgan fingerprint density at radius 3 is 2.50 bits per heavy atom. The van der Waals surface area contributed by atoms with Crippen LogP contribution in [-0.4, -0.2) is 14.8 Å². The van der Waals surface area contributed by atoms with Gasteiger partial charge in [-0.05, 0) is 17.7 Å². The van der Waals surface area contributed by atoms with Gasteiger partial charge in [0.15, 0.2) is 5.15 Å². The second-order valence-electron chi connectivity index (χ2n) is 3.15. The lowest BCUT2D eigenvalue weighted by atomic mass is 10.2. The third-order valence-corrected chi connectivity index (χ3v) is 2.41. The smallest absolute Gasteiger partial charge is 0.244 e. The van der Waals surface area contributed by atoms with Crippen molar-refractivity contribution in [3.05, 3.63) is 56.7 Å². The summed E-state index contributed by atoms with van der Waals surface area (Å²) in [7, 11) is 0. The summed E-state index contributed by atoms with van der Waals surface area (Å²) in [6.45, 7) is 0.347. The van der Waals surface area contributed by atoms with E-state index in [9.17, 15) is 4.79 Å².